The minimum Gasteiger partial charge on any atom is -0.497 e. The molecule has 9 heteroatoms. The molecule has 2 aliphatic heterocycles. The first-order valence-electron chi connectivity index (χ1n) is 11.9. The van der Waals surface area contributed by atoms with Crippen LogP contribution in [0.4, 0.5) is 23.7 Å². The maximum Gasteiger partial charge on any atom is 0.417 e. The second-order valence-corrected chi connectivity index (χ2v) is 9.29. The number of rotatable bonds is 5. The van der Waals surface area contributed by atoms with Gasteiger partial charge in [0.1, 0.15) is 5.75 Å². The summed E-state index contributed by atoms with van der Waals surface area (Å²) in [6.07, 6.45) is -3.95. The number of methoxy groups -OCH3 is 2. The molecule has 2 atom stereocenters. The molecule has 6 nitrogen and oxygen atoms in total. The van der Waals surface area contributed by atoms with Crippen molar-refractivity contribution in [2.45, 2.75) is 31.1 Å². The molecule has 0 aliphatic carbocycles. The van der Waals surface area contributed by atoms with E-state index in [0.29, 0.717) is 21.8 Å². The van der Waals surface area contributed by atoms with Crippen LogP contribution in [-0.4, -0.2) is 37.3 Å². The Morgan fingerprint density at radius 2 is 1.68 bits per heavy atom. The Morgan fingerprint density at radius 1 is 1.00 bits per heavy atom. The van der Waals surface area contributed by atoms with Crippen LogP contribution in [0.15, 0.2) is 84.6 Å². The number of alkyl halides is 3. The maximum absolute atomic E-state index is 15.6. The number of urea groups is 1. The minimum absolute atomic E-state index is 0.0146. The van der Waals surface area contributed by atoms with Gasteiger partial charge in [0.25, 0.3) is 0 Å². The van der Waals surface area contributed by atoms with Crippen molar-refractivity contribution >= 4 is 17.7 Å². The Morgan fingerprint density at radius 3 is 2.29 bits per heavy atom. The number of ether oxygens (including phenoxy) is 2. The number of aryl methyl sites for hydroxylation is 1. The van der Waals surface area contributed by atoms with Crippen LogP contribution >= 0.6 is 0 Å². The molecule has 5 rings (SSSR count). The van der Waals surface area contributed by atoms with Gasteiger partial charge in [-0.2, -0.15) is 13.2 Å². The number of hydrogen-bond acceptors (Lipinski definition) is 4. The van der Waals surface area contributed by atoms with E-state index < -0.39 is 29.6 Å². The third kappa shape index (κ3) is 3.72. The van der Waals surface area contributed by atoms with Crippen molar-refractivity contribution in [3.8, 4) is 5.75 Å². The highest BCUT2D eigenvalue weighted by atomic mass is 19.4. The first kappa shape index (κ1) is 25.4. The van der Waals surface area contributed by atoms with Crippen LogP contribution in [0.25, 0.3) is 0 Å². The highest BCUT2D eigenvalue weighted by Crippen LogP contribution is 2.63. The van der Waals surface area contributed by atoms with E-state index in [1.807, 2.05) is 0 Å². The number of anilines is 1. The van der Waals surface area contributed by atoms with Crippen molar-refractivity contribution in [3.63, 3.8) is 0 Å². The normalized spacial score (nSPS) is 20.5. The lowest BCUT2D eigenvalue weighted by Gasteiger charge is -2.50. The molecule has 3 aromatic rings. The van der Waals surface area contributed by atoms with E-state index >= 15 is 13.2 Å². The zero-order chi connectivity index (χ0) is 27.2. The first-order chi connectivity index (χ1) is 18.1. The number of benzene rings is 3. The van der Waals surface area contributed by atoms with Gasteiger partial charge < -0.3 is 9.47 Å². The monoisotopic (exact) mass is 522 g/mol. The molecule has 0 bridgehead atoms. The lowest BCUT2D eigenvalue weighted by molar-refractivity contribution is -0.223. The smallest absolute Gasteiger partial charge is 0.417 e. The lowest BCUT2D eigenvalue weighted by Crippen LogP contribution is -2.63. The van der Waals surface area contributed by atoms with Gasteiger partial charge in [-0.3, -0.25) is 9.80 Å². The van der Waals surface area contributed by atoms with Gasteiger partial charge in [-0.15, -0.1) is 0 Å². The van der Waals surface area contributed by atoms with Crippen LogP contribution in [0.3, 0.4) is 0 Å². The molecular weight excluding hydrogens is 497 g/mol. The standard InChI is InChI=1S/C29H25F3N2O4/c1-18-9-14-24-23(15-18)28(29(30,31)32)25(20-7-5-4-6-8-20)22(26(35)38-3)17-34(28)27(36)33(24)16-19-10-12-21(37-2)13-11-19/h4-15,17,25H,16H2,1-3H3/t25-,28-/m1/s1. The number of halogens is 3. The molecule has 38 heavy (non-hydrogen) atoms. The summed E-state index contributed by atoms with van der Waals surface area (Å²) in [6, 6.07) is 18.7. The molecule has 0 aromatic heterocycles. The van der Waals surface area contributed by atoms with Gasteiger partial charge in [0.05, 0.1) is 37.9 Å². The minimum atomic E-state index is -4.95. The summed E-state index contributed by atoms with van der Waals surface area (Å²) in [5.74, 6) is -1.86. The predicted molar refractivity (Wildman–Crippen MR) is 135 cm³/mol. The summed E-state index contributed by atoms with van der Waals surface area (Å²) >= 11 is 0. The van der Waals surface area contributed by atoms with E-state index in [1.165, 1.54) is 36.3 Å². The summed E-state index contributed by atoms with van der Waals surface area (Å²) in [6.45, 7) is 1.71. The fraction of sp³-hybridized carbons (Fsp3) is 0.241. The number of nitrogens with zero attached hydrogens (tertiary/aromatic N) is 2. The molecule has 0 fully saturated rings. The Balaban J connectivity index is 1.78. The van der Waals surface area contributed by atoms with Gasteiger partial charge in [-0.05, 0) is 36.2 Å². The van der Waals surface area contributed by atoms with Gasteiger partial charge in [0.2, 0.25) is 0 Å². The highest BCUT2D eigenvalue weighted by molar-refractivity contribution is 6.01. The third-order valence-electron chi connectivity index (χ3n) is 7.15. The summed E-state index contributed by atoms with van der Waals surface area (Å²) in [5, 5.41) is 0. The van der Waals surface area contributed by atoms with Crippen molar-refractivity contribution in [2.75, 3.05) is 19.1 Å². The van der Waals surface area contributed by atoms with Crippen LogP contribution in [0.5, 0.6) is 5.75 Å². The predicted octanol–water partition coefficient (Wildman–Crippen LogP) is 6.06. The number of hydrogen-bond donors (Lipinski definition) is 0. The average Bonchev–Trinajstić information content (AvgIpc) is 3.29. The second-order valence-electron chi connectivity index (χ2n) is 9.29. The summed E-state index contributed by atoms with van der Waals surface area (Å²) < 4.78 is 56.8. The second kappa shape index (κ2) is 9.24. The highest BCUT2D eigenvalue weighted by Gasteiger charge is 2.72. The zero-order valence-corrected chi connectivity index (χ0v) is 21.0. The van der Waals surface area contributed by atoms with E-state index in [1.54, 1.807) is 55.5 Å². The van der Waals surface area contributed by atoms with Crippen LogP contribution in [0.2, 0.25) is 0 Å². The molecule has 0 saturated heterocycles. The molecule has 2 aliphatic rings. The van der Waals surface area contributed by atoms with E-state index in [9.17, 15) is 9.59 Å². The van der Waals surface area contributed by atoms with Gasteiger partial charge in [0, 0.05) is 11.8 Å². The number of esters is 1. The van der Waals surface area contributed by atoms with E-state index in [-0.39, 0.29) is 28.9 Å². The Labute approximate surface area is 217 Å². The summed E-state index contributed by atoms with van der Waals surface area (Å²) in [5.41, 5.74) is -1.55. The third-order valence-corrected chi connectivity index (χ3v) is 7.15. The first-order valence-corrected chi connectivity index (χ1v) is 11.9. The molecule has 3 aromatic carbocycles. The Hall–Kier alpha value is -4.27. The zero-order valence-electron chi connectivity index (χ0n) is 21.0. The molecule has 0 spiro atoms. The van der Waals surface area contributed by atoms with E-state index in [0.717, 1.165) is 13.3 Å². The topological polar surface area (TPSA) is 59.1 Å². The van der Waals surface area contributed by atoms with Crippen molar-refractivity contribution in [3.05, 3.63) is 107 Å². The number of carbonyl (C=O) groups excluding carboxylic acids is 2. The average molecular weight is 523 g/mol. The maximum atomic E-state index is 15.6. The van der Waals surface area contributed by atoms with Crippen molar-refractivity contribution < 1.29 is 32.2 Å². The molecule has 2 heterocycles. The van der Waals surface area contributed by atoms with Gasteiger partial charge in [0.15, 0.2) is 5.54 Å². The van der Waals surface area contributed by atoms with Gasteiger partial charge in [-0.1, -0.05) is 60.2 Å². The summed E-state index contributed by atoms with van der Waals surface area (Å²) in [4.78, 5) is 28.9. The molecular formula is C29H25F3N2O4. The van der Waals surface area contributed by atoms with Gasteiger partial charge >= 0.3 is 18.2 Å². The Bertz CT molecular complexity index is 1420. The molecule has 2 amide bonds. The largest absolute Gasteiger partial charge is 0.497 e. The molecule has 0 saturated carbocycles. The van der Waals surface area contributed by atoms with Crippen molar-refractivity contribution in [1.82, 2.24) is 4.90 Å². The van der Waals surface area contributed by atoms with Crippen LogP contribution in [0.1, 0.15) is 28.2 Å². The van der Waals surface area contributed by atoms with E-state index in [4.69, 9.17) is 9.47 Å². The van der Waals surface area contributed by atoms with Gasteiger partial charge in [-0.25, -0.2) is 9.59 Å². The molecule has 0 radical (unpaired) electrons. The molecule has 0 unspecified atom stereocenters. The van der Waals surface area contributed by atoms with Crippen molar-refractivity contribution in [2.24, 2.45) is 0 Å². The fourth-order valence-electron chi connectivity index (χ4n) is 5.47. The van der Waals surface area contributed by atoms with Crippen LogP contribution in [0, 0.1) is 6.92 Å². The lowest BCUT2D eigenvalue weighted by atomic mass is 9.70. The van der Waals surface area contributed by atoms with E-state index in [2.05, 4.69) is 0 Å². The van der Waals surface area contributed by atoms with Crippen molar-refractivity contribution in [1.29, 1.82) is 0 Å². The Kier molecular flexibility index (Phi) is 6.17. The number of amides is 2. The van der Waals surface area contributed by atoms with Crippen LogP contribution in [-0.2, 0) is 21.6 Å². The fourth-order valence-corrected chi connectivity index (χ4v) is 5.47. The SMILES string of the molecule is COC(=O)C1=CN2C(=O)N(Cc3ccc(OC)cc3)c3ccc(C)cc3[C@]2(C(F)(F)F)[C@@H]1c1ccccc1. The summed E-state index contributed by atoms with van der Waals surface area (Å²) in [7, 11) is 2.64. The quantitative estimate of drug-likeness (QED) is 0.383. The molecule has 0 N–H and O–H groups in total. The molecule has 196 valence electrons. The van der Waals surface area contributed by atoms with Crippen LogP contribution < -0.4 is 9.64 Å². The number of fused-ring (bicyclic) bond motifs is 3. The number of carbonyl (C=O) groups is 2.